The van der Waals surface area contributed by atoms with Crippen molar-refractivity contribution in [3.05, 3.63) is 58.0 Å². The average Bonchev–Trinajstić information content (AvgIpc) is 2.85. The first kappa shape index (κ1) is 13.6. The summed E-state index contributed by atoms with van der Waals surface area (Å²) >= 11 is 3.40. The van der Waals surface area contributed by atoms with Gasteiger partial charge in [0.2, 0.25) is 0 Å². The van der Waals surface area contributed by atoms with Crippen LogP contribution in [0.15, 0.2) is 45.5 Å². The lowest BCUT2D eigenvalue weighted by Crippen LogP contribution is -2.46. The molecule has 1 saturated heterocycles. The van der Waals surface area contributed by atoms with Crippen molar-refractivity contribution in [3.8, 4) is 0 Å². The standard InChI is InChI=1S/C18H20BrNO/c19-18-8-7-17(21-18)12-20-11-13-5-6-16(20)10-15-4-2-1-3-14(15)9-13/h1-4,7-8,13,16H,5-6,9-12H2/t13-,16+/m1/s1. The topological polar surface area (TPSA) is 16.4 Å². The quantitative estimate of drug-likeness (QED) is 0.800. The van der Waals surface area contributed by atoms with E-state index in [1.54, 1.807) is 11.1 Å². The highest BCUT2D eigenvalue weighted by Crippen LogP contribution is 2.33. The third kappa shape index (κ3) is 2.82. The summed E-state index contributed by atoms with van der Waals surface area (Å²) in [5.41, 5.74) is 3.13. The lowest BCUT2D eigenvalue weighted by molar-refractivity contribution is 0.0864. The van der Waals surface area contributed by atoms with Crippen molar-refractivity contribution < 1.29 is 4.42 Å². The van der Waals surface area contributed by atoms with E-state index in [4.69, 9.17) is 4.42 Å². The van der Waals surface area contributed by atoms with E-state index >= 15 is 0 Å². The first-order valence-corrected chi connectivity index (χ1v) is 8.62. The van der Waals surface area contributed by atoms with Crippen LogP contribution in [0.5, 0.6) is 0 Å². The van der Waals surface area contributed by atoms with Crippen LogP contribution in [0.4, 0.5) is 0 Å². The molecule has 2 atom stereocenters. The molecule has 21 heavy (non-hydrogen) atoms. The molecule has 0 saturated carbocycles. The zero-order chi connectivity index (χ0) is 14.2. The van der Waals surface area contributed by atoms with Crippen molar-refractivity contribution in [1.82, 2.24) is 4.90 Å². The minimum Gasteiger partial charge on any atom is -0.453 e. The predicted molar refractivity (Wildman–Crippen MR) is 87.2 cm³/mol. The van der Waals surface area contributed by atoms with E-state index in [-0.39, 0.29) is 0 Å². The molecule has 0 N–H and O–H groups in total. The van der Waals surface area contributed by atoms with Crippen molar-refractivity contribution in [1.29, 1.82) is 0 Å². The highest BCUT2D eigenvalue weighted by molar-refractivity contribution is 9.10. The SMILES string of the molecule is Brc1ccc(CN2C[C@@H]3CC[C@H]2Cc2ccccc2C3)o1. The van der Waals surface area contributed by atoms with Crippen LogP contribution in [0.1, 0.15) is 29.7 Å². The second kappa shape index (κ2) is 5.62. The van der Waals surface area contributed by atoms with E-state index in [1.165, 1.54) is 32.2 Å². The zero-order valence-corrected chi connectivity index (χ0v) is 13.7. The summed E-state index contributed by atoms with van der Waals surface area (Å²) < 4.78 is 6.54. The van der Waals surface area contributed by atoms with E-state index in [0.717, 1.165) is 22.9 Å². The molecule has 2 bridgehead atoms. The molecule has 2 nitrogen and oxygen atoms in total. The number of rotatable bonds is 2. The fourth-order valence-corrected chi connectivity index (χ4v) is 4.27. The van der Waals surface area contributed by atoms with Crippen LogP contribution in [-0.4, -0.2) is 17.5 Å². The second-order valence-corrected chi connectivity index (χ2v) is 7.19. The number of halogens is 1. The van der Waals surface area contributed by atoms with Gasteiger partial charge in [-0.25, -0.2) is 0 Å². The molecule has 1 aromatic heterocycles. The van der Waals surface area contributed by atoms with E-state index in [1.807, 2.05) is 6.07 Å². The largest absolute Gasteiger partial charge is 0.453 e. The number of hydrogen-bond donors (Lipinski definition) is 0. The summed E-state index contributed by atoms with van der Waals surface area (Å²) in [4.78, 5) is 2.63. The number of fused-ring (bicyclic) bond motifs is 2. The molecule has 0 unspecified atom stereocenters. The molecule has 0 spiro atoms. The second-order valence-electron chi connectivity index (χ2n) is 6.41. The summed E-state index contributed by atoms with van der Waals surface area (Å²) in [6.45, 7) is 2.15. The van der Waals surface area contributed by atoms with E-state index in [0.29, 0.717) is 6.04 Å². The lowest BCUT2D eigenvalue weighted by atomic mass is 9.80. The van der Waals surface area contributed by atoms with Crippen LogP contribution >= 0.6 is 15.9 Å². The van der Waals surface area contributed by atoms with E-state index in [9.17, 15) is 0 Å². The summed E-state index contributed by atoms with van der Waals surface area (Å²) in [5, 5.41) is 0. The third-order valence-electron chi connectivity index (χ3n) is 4.99. The van der Waals surface area contributed by atoms with Gasteiger partial charge in [-0.15, -0.1) is 0 Å². The minimum absolute atomic E-state index is 0.659. The molecule has 1 fully saturated rings. The summed E-state index contributed by atoms with van der Waals surface area (Å²) in [7, 11) is 0. The molecule has 1 aliphatic carbocycles. The van der Waals surface area contributed by atoms with E-state index in [2.05, 4.69) is 51.2 Å². The fraction of sp³-hybridized carbons (Fsp3) is 0.444. The number of furan rings is 1. The van der Waals surface area contributed by atoms with Crippen LogP contribution in [0.3, 0.4) is 0 Å². The molecule has 0 amide bonds. The van der Waals surface area contributed by atoms with Gasteiger partial charge in [-0.1, -0.05) is 24.3 Å². The maximum absolute atomic E-state index is 5.71. The predicted octanol–water partition coefficient (Wildman–Crippen LogP) is 4.42. The summed E-state index contributed by atoms with van der Waals surface area (Å²) in [6.07, 6.45) is 5.12. The number of nitrogens with zero attached hydrogens (tertiary/aromatic N) is 1. The van der Waals surface area contributed by atoms with Crippen molar-refractivity contribution in [2.24, 2.45) is 5.92 Å². The Hall–Kier alpha value is -1.06. The Bertz CT molecular complexity index is 636. The van der Waals surface area contributed by atoms with Gasteiger partial charge >= 0.3 is 0 Å². The molecule has 3 heteroatoms. The Morgan fingerprint density at radius 1 is 1.05 bits per heavy atom. The van der Waals surface area contributed by atoms with Gasteiger partial charge in [0.05, 0.1) is 6.54 Å². The fourth-order valence-electron chi connectivity index (χ4n) is 3.93. The smallest absolute Gasteiger partial charge is 0.169 e. The molecule has 5 rings (SSSR count). The first-order valence-electron chi connectivity index (χ1n) is 7.83. The molecule has 110 valence electrons. The highest BCUT2D eigenvalue weighted by Gasteiger charge is 2.32. The molecular weight excluding hydrogens is 326 g/mol. The number of piperidine rings is 1. The van der Waals surface area contributed by atoms with Crippen LogP contribution in [0.2, 0.25) is 0 Å². The van der Waals surface area contributed by atoms with Crippen LogP contribution in [0.25, 0.3) is 0 Å². The summed E-state index contributed by atoms with van der Waals surface area (Å²) in [6, 6.07) is 13.7. The Labute approximate surface area is 134 Å². The average molecular weight is 346 g/mol. The van der Waals surface area contributed by atoms with Gasteiger partial charge in [-0.3, -0.25) is 4.90 Å². The molecule has 2 aromatic rings. The van der Waals surface area contributed by atoms with E-state index < -0.39 is 0 Å². The van der Waals surface area contributed by atoms with Gasteiger partial charge in [0.25, 0.3) is 0 Å². The Morgan fingerprint density at radius 2 is 1.86 bits per heavy atom. The third-order valence-corrected chi connectivity index (χ3v) is 5.41. The molecule has 1 aromatic carbocycles. The van der Waals surface area contributed by atoms with Crippen LogP contribution < -0.4 is 0 Å². The first-order chi connectivity index (χ1) is 10.3. The molecule has 3 aliphatic rings. The van der Waals surface area contributed by atoms with Crippen molar-refractivity contribution in [2.45, 2.75) is 38.3 Å². The Balaban J connectivity index is 1.58. The van der Waals surface area contributed by atoms with Crippen molar-refractivity contribution in [3.63, 3.8) is 0 Å². The van der Waals surface area contributed by atoms with Gasteiger partial charge in [0, 0.05) is 12.6 Å². The van der Waals surface area contributed by atoms with Gasteiger partial charge in [-0.2, -0.15) is 0 Å². The molecule has 2 aliphatic heterocycles. The monoisotopic (exact) mass is 345 g/mol. The maximum atomic E-state index is 5.71. The summed E-state index contributed by atoms with van der Waals surface area (Å²) in [5.74, 6) is 1.86. The lowest BCUT2D eigenvalue weighted by Gasteiger charge is -2.42. The zero-order valence-electron chi connectivity index (χ0n) is 12.1. The Kier molecular flexibility index (Phi) is 3.64. The molecule has 0 radical (unpaired) electrons. The van der Waals surface area contributed by atoms with Crippen molar-refractivity contribution >= 4 is 15.9 Å². The maximum Gasteiger partial charge on any atom is 0.169 e. The normalized spacial score (nSPS) is 25.4. The molecular formula is C18H20BrNO. The minimum atomic E-state index is 0.659. The van der Waals surface area contributed by atoms with Crippen LogP contribution in [-0.2, 0) is 19.4 Å². The van der Waals surface area contributed by atoms with Gasteiger partial charge in [-0.05, 0) is 70.8 Å². The Morgan fingerprint density at radius 3 is 2.62 bits per heavy atom. The highest BCUT2D eigenvalue weighted by atomic mass is 79.9. The van der Waals surface area contributed by atoms with Gasteiger partial charge in [0.15, 0.2) is 4.67 Å². The van der Waals surface area contributed by atoms with Gasteiger partial charge in [0.1, 0.15) is 5.76 Å². The van der Waals surface area contributed by atoms with Crippen molar-refractivity contribution in [2.75, 3.05) is 6.54 Å². The molecule has 3 heterocycles. The number of benzene rings is 1. The number of hydrogen-bond acceptors (Lipinski definition) is 2. The van der Waals surface area contributed by atoms with Crippen LogP contribution in [0, 0.1) is 5.92 Å². The van der Waals surface area contributed by atoms with Gasteiger partial charge < -0.3 is 4.42 Å².